The molecule has 1 heterocycles. The van der Waals surface area contributed by atoms with Crippen LogP contribution in [0.4, 0.5) is 17.1 Å². The van der Waals surface area contributed by atoms with Crippen molar-refractivity contribution in [3.63, 3.8) is 0 Å². The highest BCUT2D eigenvalue weighted by molar-refractivity contribution is 8.27. The fourth-order valence-corrected chi connectivity index (χ4v) is 5.27. The second-order valence-corrected chi connectivity index (χ2v) is 11.0. The van der Waals surface area contributed by atoms with E-state index in [0.717, 1.165) is 22.5 Å². The molecule has 1 aliphatic heterocycles. The van der Waals surface area contributed by atoms with E-state index in [-0.39, 0.29) is 18.4 Å². The molecule has 0 aliphatic carbocycles. The zero-order valence-electron chi connectivity index (χ0n) is 22.0. The second kappa shape index (κ2) is 12.5. The number of thiocarbonyl (C=S) groups is 1. The topological polar surface area (TPSA) is 71.1 Å². The van der Waals surface area contributed by atoms with Crippen molar-refractivity contribution in [3.05, 3.63) is 81.7 Å². The van der Waals surface area contributed by atoms with Gasteiger partial charge in [-0.3, -0.25) is 14.5 Å². The third-order valence-corrected chi connectivity index (χ3v) is 7.35. The van der Waals surface area contributed by atoms with E-state index in [2.05, 4.69) is 5.32 Å². The smallest absolute Gasteiger partial charge is 0.270 e. The summed E-state index contributed by atoms with van der Waals surface area (Å²) in [6.45, 7) is 3.93. The fourth-order valence-electron chi connectivity index (χ4n) is 3.80. The van der Waals surface area contributed by atoms with Crippen LogP contribution in [0.25, 0.3) is 6.08 Å². The first-order valence-corrected chi connectivity index (χ1v) is 13.8. The molecule has 1 fully saturated rings. The molecule has 0 radical (unpaired) electrons. The average Bonchev–Trinajstić information content (AvgIpc) is 3.18. The predicted molar refractivity (Wildman–Crippen MR) is 164 cm³/mol. The van der Waals surface area contributed by atoms with Crippen LogP contribution in [0.3, 0.4) is 0 Å². The monoisotopic (exact) mass is 581 g/mol. The number of amides is 2. The maximum absolute atomic E-state index is 13.2. The highest BCUT2D eigenvalue weighted by Gasteiger charge is 2.33. The molecule has 1 aliphatic rings. The minimum absolute atomic E-state index is 0.186. The lowest BCUT2D eigenvalue weighted by Gasteiger charge is -2.17. The van der Waals surface area contributed by atoms with Crippen LogP contribution in [-0.2, 0) is 9.59 Å². The first kappa shape index (κ1) is 28.5. The van der Waals surface area contributed by atoms with Gasteiger partial charge in [0, 0.05) is 30.5 Å². The van der Waals surface area contributed by atoms with Gasteiger partial charge in [0.1, 0.15) is 0 Å². The summed E-state index contributed by atoms with van der Waals surface area (Å²) in [4.78, 5) is 29.7. The third-order valence-electron chi connectivity index (χ3n) is 5.82. The number of aryl methyl sites for hydroxylation is 1. The van der Waals surface area contributed by atoms with Gasteiger partial charge < -0.3 is 19.7 Å². The lowest BCUT2D eigenvalue weighted by Crippen LogP contribution is -2.27. The minimum Gasteiger partial charge on any atom is -0.490 e. The van der Waals surface area contributed by atoms with Crippen LogP contribution < -0.4 is 24.6 Å². The van der Waals surface area contributed by atoms with Crippen molar-refractivity contribution in [1.29, 1.82) is 0 Å². The summed E-state index contributed by atoms with van der Waals surface area (Å²) in [5, 5.41) is 3.34. The standard InChI is InChI=1S/C29H28ClN3O4S2/c1-5-36-25-14-19(7-13-24(25)37-17-27(34)31-23-16-20(30)8-6-18(23)2)15-26-28(35)33(29(38)39-26)22-11-9-21(10-12-22)32(3)4/h6-16H,5,17H2,1-4H3,(H,31,34)/b26-15-. The molecule has 1 saturated heterocycles. The minimum atomic E-state index is -0.325. The van der Waals surface area contributed by atoms with Gasteiger partial charge in [-0.2, -0.15) is 0 Å². The van der Waals surface area contributed by atoms with Crippen molar-refractivity contribution >= 4 is 74.9 Å². The van der Waals surface area contributed by atoms with E-state index >= 15 is 0 Å². The molecule has 0 bridgehead atoms. The number of halogens is 1. The van der Waals surface area contributed by atoms with E-state index in [1.165, 1.54) is 16.7 Å². The van der Waals surface area contributed by atoms with Crippen LogP contribution >= 0.6 is 35.6 Å². The molecule has 0 spiro atoms. The molecular formula is C29H28ClN3O4S2. The number of ether oxygens (including phenoxy) is 2. The number of hydrogen-bond acceptors (Lipinski definition) is 7. The van der Waals surface area contributed by atoms with Crippen molar-refractivity contribution in [2.45, 2.75) is 13.8 Å². The van der Waals surface area contributed by atoms with E-state index in [0.29, 0.717) is 38.0 Å². The van der Waals surface area contributed by atoms with E-state index in [4.69, 9.17) is 33.3 Å². The Kier molecular flexibility index (Phi) is 9.16. The second-order valence-electron chi connectivity index (χ2n) is 8.86. The highest BCUT2D eigenvalue weighted by Crippen LogP contribution is 2.37. The zero-order valence-corrected chi connectivity index (χ0v) is 24.4. The first-order chi connectivity index (χ1) is 18.7. The lowest BCUT2D eigenvalue weighted by atomic mass is 10.1. The third kappa shape index (κ3) is 6.92. The molecule has 0 unspecified atom stereocenters. The number of nitrogens with zero attached hydrogens (tertiary/aromatic N) is 2. The summed E-state index contributed by atoms with van der Waals surface area (Å²) in [5.41, 5.74) is 4.01. The lowest BCUT2D eigenvalue weighted by molar-refractivity contribution is -0.118. The van der Waals surface area contributed by atoms with Crippen molar-refractivity contribution in [1.82, 2.24) is 0 Å². The number of anilines is 3. The first-order valence-electron chi connectivity index (χ1n) is 12.2. The molecule has 0 atom stereocenters. The average molecular weight is 582 g/mol. The van der Waals surface area contributed by atoms with Gasteiger partial charge in [-0.1, -0.05) is 47.7 Å². The number of rotatable bonds is 9. The molecule has 3 aromatic rings. The fraction of sp³-hybridized carbons (Fsp3) is 0.207. The Balaban J connectivity index is 1.47. The molecule has 10 heteroatoms. The summed E-state index contributed by atoms with van der Waals surface area (Å²) in [6, 6.07) is 18.2. The quantitative estimate of drug-likeness (QED) is 0.227. The van der Waals surface area contributed by atoms with Crippen LogP contribution in [0.5, 0.6) is 11.5 Å². The Morgan fingerprint density at radius 2 is 1.82 bits per heavy atom. The van der Waals surface area contributed by atoms with Gasteiger partial charge in [0.05, 0.1) is 17.2 Å². The van der Waals surface area contributed by atoms with Crippen molar-refractivity contribution < 1.29 is 19.1 Å². The molecule has 0 saturated carbocycles. The van der Waals surface area contributed by atoms with Gasteiger partial charge in [-0.15, -0.1) is 0 Å². The summed E-state index contributed by atoms with van der Waals surface area (Å²) in [7, 11) is 3.92. The normalized spacial score (nSPS) is 14.1. The Bertz CT molecular complexity index is 1440. The molecule has 7 nitrogen and oxygen atoms in total. The summed E-state index contributed by atoms with van der Waals surface area (Å²) in [5.74, 6) is 0.372. The Hall–Kier alpha value is -3.53. The molecule has 3 aromatic carbocycles. The van der Waals surface area contributed by atoms with Gasteiger partial charge in [0.2, 0.25) is 0 Å². The maximum Gasteiger partial charge on any atom is 0.270 e. The Morgan fingerprint density at radius 3 is 2.51 bits per heavy atom. The van der Waals surface area contributed by atoms with Gasteiger partial charge in [-0.05, 0) is 79.6 Å². The van der Waals surface area contributed by atoms with E-state index in [9.17, 15) is 9.59 Å². The summed E-state index contributed by atoms with van der Waals surface area (Å²) in [6.07, 6.45) is 1.77. The Morgan fingerprint density at radius 1 is 1.08 bits per heavy atom. The number of thioether (sulfide) groups is 1. The van der Waals surface area contributed by atoms with Crippen molar-refractivity contribution in [2.24, 2.45) is 0 Å². The van der Waals surface area contributed by atoms with Crippen LogP contribution in [0.15, 0.2) is 65.6 Å². The maximum atomic E-state index is 13.2. The van der Waals surface area contributed by atoms with Crippen molar-refractivity contribution in [2.75, 3.05) is 42.4 Å². The van der Waals surface area contributed by atoms with Crippen LogP contribution in [0, 0.1) is 6.92 Å². The molecule has 2 amide bonds. The summed E-state index contributed by atoms with van der Waals surface area (Å²) < 4.78 is 12.0. The number of benzene rings is 3. The molecular weight excluding hydrogens is 554 g/mol. The Labute approximate surface area is 242 Å². The van der Waals surface area contributed by atoms with Gasteiger partial charge >= 0.3 is 0 Å². The predicted octanol–water partition coefficient (Wildman–Crippen LogP) is 6.54. The number of carbonyl (C=O) groups is 2. The van der Waals surface area contributed by atoms with Gasteiger partial charge in [0.25, 0.3) is 11.8 Å². The van der Waals surface area contributed by atoms with Crippen molar-refractivity contribution in [3.8, 4) is 11.5 Å². The van der Waals surface area contributed by atoms with E-state index in [1.54, 1.807) is 36.4 Å². The molecule has 4 rings (SSSR count). The van der Waals surface area contributed by atoms with Gasteiger partial charge in [-0.25, -0.2) is 0 Å². The molecule has 0 aromatic heterocycles. The molecule has 1 N–H and O–H groups in total. The largest absolute Gasteiger partial charge is 0.490 e. The van der Waals surface area contributed by atoms with Crippen LogP contribution in [0.1, 0.15) is 18.1 Å². The SMILES string of the molecule is CCOc1cc(/C=C2\SC(=S)N(c3ccc(N(C)C)cc3)C2=O)ccc1OCC(=O)Nc1cc(Cl)ccc1C. The van der Waals surface area contributed by atoms with E-state index < -0.39 is 0 Å². The summed E-state index contributed by atoms with van der Waals surface area (Å²) >= 11 is 12.8. The molecule has 202 valence electrons. The molecule has 39 heavy (non-hydrogen) atoms. The van der Waals surface area contributed by atoms with E-state index in [1.807, 2.05) is 63.2 Å². The zero-order chi connectivity index (χ0) is 28.1. The van der Waals surface area contributed by atoms with Crippen LogP contribution in [-0.4, -0.2) is 43.4 Å². The number of hydrogen-bond donors (Lipinski definition) is 1. The van der Waals surface area contributed by atoms with Gasteiger partial charge in [0.15, 0.2) is 22.4 Å². The van der Waals surface area contributed by atoms with Crippen LogP contribution in [0.2, 0.25) is 5.02 Å². The highest BCUT2D eigenvalue weighted by atomic mass is 35.5. The number of nitrogens with one attached hydrogen (secondary N) is 1. The number of carbonyl (C=O) groups excluding carboxylic acids is 2.